The largest absolute Gasteiger partial charge is 0.378 e. The second-order valence-corrected chi connectivity index (χ2v) is 11.7. The standard InChI is InChI=1S/C18H17F2NO.C17H15F2NO/c19-12-4-1-3-11(9-12)17-14-5-2-8-22-18(14)15-10-13(20)6-7-16(15)21-17;18-11-3-1-2-10(8-11)16-13-6-7-21-17(13)14-9-12(19)4-5-15(14)20-16/h1,3-4,6-7,9-10,14,17-18,21H,2,5,8H2;1-5,8-9,13,16-17,20H,6-7H2/t14-,17+,18-;13-,16+,17-/m11/s1. The molecule has 0 aliphatic carbocycles. The molecule has 0 bridgehead atoms. The highest BCUT2D eigenvalue weighted by Gasteiger charge is 2.42. The molecule has 2 fully saturated rings. The number of anilines is 2. The van der Waals surface area contributed by atoms with Gasteiger partial charge in [0.05, 0.1) is 24.3 Å². The quantitative estimate of drug-likeness (QED) is 0.230. The molecule has 4 aromatic carbocycles. The van der Waals surface area contributed by atoms with Crippen LogP contribution in [0, 0.1) is 35.1 Å². The summed E-state index contributed by atoms with van der Waals surface area (Å²) in [6.07, 6.45) is 2.59. The Morgan fingerprint density at radius 1 is 0.535 bits per heavy atom. The lowest BCUT2D eigenvalue weighted by Crippen LogP contribution is -2.36. The molecule has 222 valence electrons. The van der Waals surface area contributed by atoms with Crippen LogP contribution in [0.3, 0.4) is 0 Å². The van der Waals surface area contributed by atoms with Crippen LogP contribution in [0.2, 0.25) is 0 Å². The van der Waals surface area contributed by atoms with Gasteiger partial charge in [-0.3, -0.25) is 0 Å². The number of fused-ring (bicyclic) bond motifs is 6. The van der Waals surface area contributed by atoms with Crippen molar-refractivity contribution in [2.24, 2.45) is 11.8 Å². The zero-order chi connectivity index (χ0) is 29.5. The molecule has 4 aliphatic rings. The zero-order valence-corrected chi connectivity index (χ0v) is 23.4. The van der Waals surface area contributed by atoms with E-state index in [0.717, 1.165) is 52.9 Å². The van der Waals surface area contributed by atoms with Crippen molar-refractivity contribution < 1.29 is 27.0 Å². The van der Waals surface area contributed by atoms with Crippen molar-refractivity contribution in [3.8, 4) is 0 Å². The van der Waals surface area contributed by atoms with Gasteiger partial charge in [-0.15, -0.1) is 0 Å². The summed E-state index contributed by atoms with van der Waals surface area (Å²) in [4.78, 5) is 0. The lowest BCUT2D eigenvalue weighted by molar-refractivity contribution is -0.0383. The number of hydrogen-bond donors (Lipinski definition) is 2. The normalized spacial score (nSPS) is 26.8. The lowest BCUT2D eigenvalue weighted by Gasteiger charge is -2.43. The fraction of sp³-hybridized carbons (Fsp3) is 0.314. The van der Waals surface area contributed by atoms with Gasteiger partial charge < -0.3 is 20.1 Å². The summed E-state index contributed by atoms with van der Waals surface area (Å²) in [6, 6.07) is 22.7. The first-order chi connectivity index (χ1) is 20.9. The molecule has 6 atom stereocenters. The lowest BCUT2D eigenvalue weighted by atomic mass is 9.77. The molecule has 2 saturated heterocycles. The molecule has 8 heteroatoms. The Morgan fingerprint density at radius 3 is 1.56 bits per heavy atom. The van der Waals surface area contributed by atoms with Gasteiger partial charge in [-0.05, 0) is 91.1 Å². The van der Waals surface area contributed by atoms with E-state index in [2.05, 4.69) is 10.6 Å². The molecule has 0 radical (unpaired) electrons. The van der Waals surface area contributed by atoms with E-state index in [-0.39, 0.29) is 59.4 Å². The Bertz CT molecular complexity index is 1630. The van der Waals surface area contributed by atoms with Gasteiger partial charge in [0.1, 0.15) is 23.3 Å². The Labute approximate surface area is 248 Å². The van der Waals surface area contributed by atoms with Crippen LogP contribution >= 0.6 is 0 Å². The minimum atomic E-state index is -0.256. The summed E-state index contributed by atoms with van der Waals surface area (Å²) in [7, 11) is 0. The Balaban J connectivity index is 0.000000140. The maximum absolute atomic E-state index is 13.6. The zero-order valence-electron chi connectivity index (χ0n) is 23.4. The molecule has 0 unspecified atom stereocenters. The van der Waals surface area contributed by atoms with Crippen LogP contribution < -0.4 is 10.6 Å². The van der Waals surface area contributed by atoms with E-state index in [1.54, 1.807) is 42.5 Å². The third-order valence-corrected chi connectivity index (χ3v) is 9.04. The molecular weight excluding hydrogens is 556 g/mol. The summed E-state index contributed by atoms with van der Waals surface area (Å²) in [5.41, 5.74) is 5.30. The van der Waals surface area contributed by atoms with Gasteiger partial charge in [0.2, 0.25) is 0 Å². The predicted molar refractivity (Wildman–Crippen MR) is 157 cm³/mol. The van der Waals surface area contributed by atoms with Gasteiger partial charge in [0.15, 0.2) is 0 Å². The number of nitrogens with one attached hydrogen (secondary N) is 2. The third-order valence-electron chi connectivity index (χ3n) is 9.04. The molecule has 2 N–H and O–H groups in total. The molecule has 4 aromatic rings. The second-order valence-electron chi connectivity index (χ2n) is 11.7. The van der Waals surface area contributed by atoms with Gasteiger partial charge >= 0.3 is 0 Å². The molecule has 0 saturated carbocycles. The van der Waals surface area contributed by atoms with Crippen LogP contribution in [0.5, 0.6) is 0 Å². The molecule has 8 rings (SSSR count). The maximum atomic E-state index is 13.6. The van der Waals surface area contributed by atoms with Crippen molar-refractivity contribution in [1.29, 1.82) is 0 Å². The second kappa shape index (κ2) is 11.7. The van der Waals surface area contributed by atoms with Crippen molar-refractivity contribution in [3.63, 3.8) is 0 Å². The number of halogens is 4. The first kappa shape index (κ1) is 27.9. The molecule has 4 heterocycles. The predicted octanol–water partition coefficient (Wildman–Crippen LogP) is 8.81. The summed E-state index contributed by atoms with van der Waals surface area (Å²) in [5.74, 6) is -0.607. The number of hydrogen-bond acceptors (Lipinski definition) is 4. The highest BCUT2D eigenvalue weighted by Crippen LogP contribution is 2.51. The minimum absolute atomic E-state index is 0.00818. The van der Waals surface area contributed by atoms with Crippen LogP contribution in [0.15, 0.2) is 84.9 Å². The molecule has 43 heavy (non-hydrogen) atoms. The van der Waals surface area contributed by atoms with Gasteiger partial charge in [-0.25, -0.2) is 17.6 Å². The van der Waals surface area contributed by atoms with E-state index in [9.17, 15) is 17.6 Å². The average Bonchev–Trinajstić information content (AvgIpc) is 3.51. The van der Waals surface area contributed by atoms with Crippen molar-refractivity contribution in [3.05, 3.63) is 130 Å². The minimum Gasteiger partial charge on any atom is -0.378 e. The van der Waals surface area contributed by atoms with Gasteiger partial charge in [0, 0.05) is 47.6 Å². The Hall–Kier alpha value is -3.88. The Kier molecular flexibility index (Phi) is 7.57. The van der Waals surface area contributed by atoms with Gasteiger partial charge in [0.25, 0.3) is 0 Å². The van der Waals surface area contributed by atoms with E-state index >= 15 is 0 Å². The Morgan fingerprint density at radius 2 is 1.02 bits per heavy atom. The van der Waals surface area contributed by atoms with Crippen molar-refractivity contribution in [2.45, 2.75) is 43.6 Å². The van der Waals surface area contributed by atoms with Crippen LogP contribution in [0.25, 0.3) is 0 Å². The van der Waals surface area contributed by atoms with Crippen LogP contribution in [0.1, 0.15) is 65.8 Å². The van der Waals surface area contributed by atoms with Gasteiger partial charge in [-0.1, -0.05) is 24.3 Å². The first-order valence-corrected chi connectivity index (χ1v) is 14.8. The first-order valence-electron chi connectivity index (χ1n) is 14.8. The van der Waals surface area contributed by atoms with E-state index in [1.165, 1.54) is 30.3 Å². The smallest absolute Gasteiger partial charge is 0.123 e. The number of rotatable bonds is 2. The summed E-state index contributed by atoms with van der Waals surface area (Å²) < 4.78 is 65.9. The molecule has 0 spiro atoms. The fourth-order valence-corrected chi connectivity index (χ4v) is 7.15. The van der Waals surface area contributed by atoms with E-state index in [1.807, 2.05) is 12.1 Å². The molecule has 4 nitrogen and oxygen atoms in total. The number of ether oxygens (including phenoxy) is 2. The summed E-state index contributed by atoms with van der Waals surface area (Å²) in [6.45, 7) is 1.34. The number of benzene rings is 4. The highest BCUT2D eigenvalue weighted by atomic mass is 19.1. The molecule has 0 amide bonds. The van der Waals surface area contributed by atoms with Crippen LogP contribution in [-0.4, -0.2) is 13.2 Å². The molecule has 0 aromatic heterocycles. The summed E-state index contributed by atoms with van der Waals surface area (Å²) >= 11 is 0. The van der Waals surface area contributed by atoms with E-state index in [4.69, 9.17) is 9.47 Å². The monoisotopic (exact) mass is 588 g/mol. The molecular formula is C35H32F4N2O2. The maximum Gasteiger partial charge on any atom is 0.123 e. The van der Waals surface area contributed by atoms with Crippen molar-refractivity contribution in [2.75, 3.05) is 23.8 Å². The highest BCUT2D eigenvalue weighted by molar-refractivity contribution is 5.58. The van der Waals surface area contributed by atoms with Gasteiger partial charge in [-0.2, -0.15) is 0 Å². The topological polar surface area (TPSA) is 42.5 Å². The third kappa shape index (κ3) is 5.50. The van der Waals surface area contributed by atoms with Crippen LogP contribution in [-0.2, 0) is 9.47 Å². The van der Waals surface area contributed by atoms with E-state index in [0.29, 0.717) is 13.2 Å². The van der Waals surface area contributed by atoms with Crippen molar-refractivity contribution >= 4 is 11.4 Å². The fourth-order valence-electron chi connectivity index (χ4n) is 7.15. The SMILES string of the molecule is Fc1cccc([C@@H]2Nc3ccc(F)cc3[C@@H]3OCCC[C@H]23)c1.Fc1cccc([C@@H]2Nc3ccc(F)cc3[C@@H]3OCC[C@H]23)c1. The molecule has 4 aliphatic heterocycles. The van der Waals surface area contributed by atoms with Crippen molar-refractivity contribution in [1.82, 2.24) is 0 Å². The average molecular weight is 589 g/mol. The van der Waals surface area contributed by atoms with E-state index < -0.39 is 0 Å². The summed E-state index contributed by atoms with van der Waals surface area (Å²) in [5, 5.41) is 6.88. The van der Waals surface area contributed by atoms with Crippen LogP contribution in [0.4, 0.5) is 28.9 Å².